The number of aryl methyl sites for hydroxylation is 1. The molecule has 0 aliphatic rings. The molecular formula is C14H14N2OS. The Morgan fingerprint density at radius 1 is 1.33 bits per heavy atom. The Kier molecular flexibility index (Phi) is 2.89. The van der Waals surface area contributed by atoms with Gasteiger partial charge in [-0.05, 0) is 13.0 Å². The van der Waals surface area contributed by atoms with Crippen molar-refractivity contribution >= 4 is 22.2 Å². The molecule has 0 aliphatic carbocycles. The highest BCUT2D eigenvalue weighted by Crippen LogP contribution is 2.23. The van der Waals surface area contributed by atoms with Crippen LogP contribution in [0.2, 0.25) is 0 Å². The number of aromatic nitrogens is 2. The summed E-state index contributed by atoms with van der Waals surface area (Å²) < 4.78 is 2.17. The minimum Gasteiger partial charge on any atom is -0.392 e. The van der Waals surface area contributed by atoms with Crippen LogP contribution in [-0.2, 0) is 13.2 Å². The van der Waals surface area contributed by atoms with Crippen molar-refractivity contribution in [2.45, 2.75) is 20.1 Å². The summed E-state index contributed by atoms with van der Waals surface area (Å²) in [7, 11) is 0. The Balaban J connectivity index is 2.06. The highest BCUT2D eigenvalue weighted by Gasteiger charge is 2.08. The Morgan fingerprint density at radius 3 is 2.89 bits per heavy atom. The first kappa shape index (κ1) is 11.4. The molecule has 0 spiro atoms. The highest BCUT2D eigenvalue weighted by molar-refractivity contribution is 7.11. The molecule has 3 rings (SSSR count). The molecule has 0 saturated heterocycles. The molecular weight excluding hydrogens is 244 g/mol. The van der Waals surface area contributed by atoms with Gasteiger partial charge in [0.05, 0.1) is 18.2 Å². The molecule has 0 unspecified atom stereocenters. The number of aliphatic hydroxyl groups is 1. The van der Waals surface area contributed by atoms with Gasteiger partial charge in [-0.15, -0.1) is 11.3 Å². The van der Waals surface area contributed by atoms with Crippen LogP contribution >= 0.6 is 11.3 Å². The van der Waals surface area contributed by atoms with Gasteiger partial charge < -0.3 is 9.67 Å². The van der Waals surface area contributed by atoms with Crippen LogP contribution in [0.3, 0.4) is 0 Å². The van der Waals surface area contributed by atoms with Crippen molar-refractivity contribution in [2.24, 2.45) is 0 Å². The second-order valence-electron chi connectivity index (χ2n) is 4.30. The van der Waals surface area contributed by atoms with Gasteiger partial charge in [0.2, 0.25) is 0 Å². The van der Waals surface area contributed by atoms with E-state index in [-0.39, 0.29) is 6.61 Å². The summed E-state index contributed by atoms with van der Waals surface area (Å²) in [6, 6.07) is 8.16. The van der Waals surface area contributed by atoms with Crippen molar-refractivity contribution in [3.8, 4) is 0 Å². The number of rotatable bonds is 3. The Morgan fingerprint density at radius 2 is 2.17 bits per heavy atom. The second-order valence-corrected chi connectivity index (χ2v) is 5.62. The fraction of sp³-hybridized carbons (Fsp3) is 0.214. The van der Waals surface area contributed by atoms with Crippen LogP contribution in [0.25, 0.3) is 10.9 Å². The van der Waals surface area contributed by atoms with Crippen LogP contribution in [0, 0.1) is 6.92 Å². The quantitative estimate of drug-likeness (QED) is 0.784. The summed E-state index contributed by atoms with van der Waals surface area (Å²) in [6.07, 6.45) is 3.95. The molecule has 0 saturated carbocycles. The summed E-state index contributed by atoms with van der Waals surface area (Å²) in [6.45, 7) is 2.91. The van der Waals surface area contributed by atoms with Crippen molar-refractivity contribution in [3.05, 3.63) is 52.1 Å². The van der Waals surface area contributed by atoms with Gasteiger partial charge in [-0.1, -0.05) is 18.2 Å². The zero-order valence-corrected chi connectivity index (χ0v) is 10.9. The molecule has 1 aromatic carbocycles. The van der Waals surface area contributed by atoms with E-state index < -0.39 is 0 Å². The summed E-state index contributed by atoms with van der Waals surface area (Å²) in [5, 5.41) is 11.6. The highest BCUT2D eigenvalue weighted by atomic mass is 32.1. The van der Waals surface area contributed by atoms with Crippen molar-refractivity contribution in [1.29, 1.82) is 0 Å². The third-order valence-electron chi connectivity index (χ3n) is 3.04. The van der Waals surface area contributed by atoms with Gasteiger partial charge in [-0.2, -0.15) is 0 Å². The predicted molar refractivity (Wildman–Crippen MR) is 73.8 cm³/mol. The smallest absolute Gasteiger partial charge is 0.0897 e. The molecule has 0 radical (unpaired) electrons. The topological polar surface area (TPSA) is 38.0 Å². The number of hydrogen-bond acceptors (Lipinski definition) is 3. The minimum absolute atomic E-state index is 0.0786. The largest absolute Gasteiger partial charge is 0.392 e. The maximum atomic E-state index is 9.40. The van der Waals surface area contributed by atoms with E-state index in [2.05, 4.69) is 21.7 Å². The normalized spacial score (nSPS) is 11.2. The average Bonchev–Trinajstić information content (AvgIpc) is 2.95. The second kappa shape index (κ2) is 4.55. The first-order chi connectivity index (χ1) is 8.78. The van der Waals surface area contributed by atoms with E-state index in [1.54, 1.807) is 11.3 Å². The maximum absolute atomic E-state index is 9.40. The number of fused-ring (bicyclic) bond motifs is 1. The monoisotopic (exact) mass is 258 g/mol. The van der Waals surface area contributed by atoms with Crippen LogP contribution in [0.1, 0.15) is 15.4 Å². The molecule has 0 fully saturated rings. The van der Waals surface area contributed by atoms with E-state index in [4.69, 9.17) is 0 Å². The standard InChI is InChI=1S/C14H14N2OS/c1-10-15-6-12(18-10)8-16-7-11(9-17)13-4-2-3-5-14(13)16/h2-7,17H,8-9H2,1H3. The van der Waals surface area contributed by atoms with Crippen molar-refractivity contribution in [2.75, 3.05) is 0 Å². The van der Waals surface area contributed by atoms with Crippen molar-refractivity contribution < 1.29 is 5.11 Å². The van der Waals surface area contributed by atoms with Gasteiger partial charge in [0.1, 0.15) is 0 Å². The fourth-order valence-electron chi connectivity index (χ4n) is 2.23. The first-order valence-electron chi connectivity index (χ1n) is 5.87. The lowest BCUT2D eigenvalue weighted by Crippen LogP contribution is -1.95. The van der Waals surface area contributed by atoms with E-state index in [0.717, 1.165) is 28.0 Å². The molecule has 0 bridgehead atoms. The zero-order chi connectivity index (χ0) is 12.5. The van der Waals surface area contributed by atoms with E-state index in [0.29, 0.717) is 0 Å². The fourth-order valence-corrected chi connectivity index (χ4v) is 3.02. The van der Waals surface area contributed by atoms with Crippen LogP contribution < -0.4 is 0 Å². The predicted octanol–water partition coefficient (Wildman–Crippen LogP) is 2.95. The number of nitrogens with zero attached hydrogens (tertiary/aromatic N) is 2. The van der Waals surface area contributed by atoms with E-state index in [9.17, 15) is 5.11 Å². The van der Waals surface area contributed by atoms with Crippen molar-refractivity contribution in [1.82, 2.24) is 9.55 Å². The van der Waals surface area contributed by atoms with E-state index in [1.165, 1.54) is 4.88 Å². The molecule has 4 heteroatoms. The molecule has 3 nitrogen and oxygen atoms in total. The number of thiazole rings is 1. The lowest BCUT2D eigenvalue weighted by atomic mass is 10.2. The number of aliphatic hydroxyl groups excluding tert-OH is 1. The van der Waals surface area contributed by atoms with Crippen LogP contribution in [0.5, 0.6) is 0 Å². The average molecular weight is 258 g/mol. The van der Waals surface area contributed by atoms with Gasteiger partial charge in [0.25, 0.3) is 0 Å². The minimum atomic E-state index is 0.0786. The van der Waals surface area contributed by atoms with Gasteiger partial charge in [-0.25, -0.2) is 4.98 Å². The van der Waals surface area contributed by atoms with Crippen LogP contribution in [-0.4, -0.2) is 14.7 Å². The van der Waals surface area contributed by atoms with Gasteiger partial charge in [-0.3, -0.25) is 0 Å². The number of benzene rings is 1. The Bertz CT molecular complexity index is 684. The van der Waals surface area contributed by atoms with Gasteiger partial charge in [0, 0.05) is 33.7 Å². The molecule has 92 valence electrons. The Labute approximate surface area is 109 Å². The first-order valence-corrected chi connectivity index (χ1v) is 6.68. The molecule has 1 N–H and O–H groups in total. The lowest BCUT2D eigenvalue weighted by Gasteiger charge is -2.02. The molecule has 0 atom stereocenters. The summed E-state index contributed by atoms with van der Waals surface area (Å²) in [4.78, 5) is 5.51. The summed E-state index contributed by atoms with van der Waals surface area (Å²) in [5.74, 6) is 0. The van der Waals surface area contributed by atoms with E-state index >= 15 is 0 Å². The molecule has 0 aliphatic heterocycles. The summed E-state index contributed by atoms with van der Waals surface area (Å²) in [5.41, 5.74) is 2.14. The van der Waals surface area contributed by atoms with Crippen molar-refractivity contribution in [3.63, 3.8) is 0 Å². The molecule has 3 aromatic rings. The SMILES string of the molecule is Cc1ncc(Cn2cc(CO)c3ccccc32)s1. The van der Waals surface area contributed by atoms with E-state index in [1.807, 2.05) is 31.5 Å². The third kappa shape index (κ3) is 1.94. The number of para-hydroxylation sites is 1. The van der Waals surface area contributed by atoms with Crippen LogP contribution in [0.4, 0.5) is 0 Å². The molecule has 2 aromatic heterocycles. The number of hydrogen-bond donors (Lipinski definition) is 1. The maximum Gasteiger partial charge on any atom is 0.0897 e. The third-order valence-corrected chi connectivity index (χ3v) is 3.93. The molecule has 0 amide bonds. The lowest BCUT2D eigenvalue weighted by molar-refractivity contribution is 0.283. The molecule has 2 heterocycles. The zero-order valence-electron chi connectivity index (χ0n) is 10.1. The van der Waals surface area contributed by atoms with Crippen LogP contribution in [0.15, 0.2) is 36.7 Å². The Hall–Kier alpha value is -1.65. The summed E-state index contributed by atoms with van der Waals surface area (Å²) >= 11 is 1.71. The molecule has 18 heavy (non-hydrogen) atoms. The van der Waals surface area contributed by atoms with Gasteiger partial charge in [0.15, 0.2) is 0 Å². The van der Waals surface area contributed by atoms with Gasteiger partial charge >= 0.3 is 0 Å².